The second-order valence-electron chi connectivity index (χ2n) is 3.68. The van der Waals surface area contributed by atoms with Gasteiger partial charge >= 0.3 is 0 Å². The number of anilines is 1. The molecule has 15 heavy (non-hydrogen) atoms. The van der Waals surface area contributed by atoms with Crippen LogP contribution in [0.25, 0.3) is 11.3 Å². The fourth-order valence-corrected chi connectivity index (χ4v) is 1.31. The van der Waals surface area contributed by atoms with Crippen molar-refractivity contribution in [2.75, 3.05) is 5.32 Å². The second kappa shape index (κ2) is 4.13. The Balaban J connectivity index is 2.17. The lowest BCUT2D eigenvalue weighted by Gasteiger charge is -2.07. The maximum absolute atomic E-state index is 4.23. The van der Waals surface area contributed by atoms with Crippen LogP contribution in [0.3, 0.4) is 0 Å². The molecule has 0 bridgehead atoms. The zero-order chi connectivity index (χ0) is 10.7. The summed E-state index contributed by atoms with van der Waals surface area (Å²) in [6.45, 7) is 4.12. The van der Waals surface area contributed by atoms with Crippen LogP contribution in [-0.4, -0.2) is 21.0 Å². The third-order valence-electron chi connectivity index (χ3n) is 1.98. The molecule has 2 heterocycles. The number of H-pyrrole nitrogens is 1. The SMILES string of the molecule is CC(C)Nc1ncc(-c2ccc[nH]2)cn1. The van der Waals surface area contributed by atoms with Gasteiger partial charge in [0.05, 0.1) is 0 Å². The highest BCUT2D eigenvalue weighted by atomic mass is 15.1. The van der Waals surface area contributed by atoms with Crippen LogP contribution >= 0.6 is 0 Å². The molecule has 2 aromatic heterocycles. The van der Waals surface area contributed by atoms with Crippen molar-refractivity contribution in [1.82, 2.24) is 15.0 Å². The van der Waals surface area contributed by atoms with E-state index in [2.05, 4.69) is 34.1 Å². The lowest BCUT2D eigenvalue weighted by molar-refractivity contribution is 0.874. The van der Waals surface area contributed by atoms with E-state index >= 15 is 0 Å². The summed E-state index contributed by atoms with van der Waals surface area (Å²) in [5.74, 6) is 0.667. The molecule has 4 heteroatoms. The van der Waals surface area contributed by atoms with Gasteiger partial charge in [-0.15, -0.1) is 0 Å². The Labute approximate surface area is 88.8 Å². The van der Waals surface area contributed by atoms with Gasteiger partial charge in [0.1, 0.15) is 0 Å². The maximum atomic E-state index is 4.23. The van der Waals surface area contributed by atoms with E-state index in [-0.39, 0.29) is 0 Å². The molecule has 4 nitrogen and oxygen atoms in total. The Morgan fingerprint density at radius 2 is 2.00 bits per heavy atom. The molecular formula is C11H14N4. The van der Waals surface area contributed by atoms with Crippen LogP contribution in [0, 0.1) is 0 Å². The first-order valence-electron chi connectivity index (χ1n) is 4.98. The van der Waals surface area contributed by atoms with Crippen molar-refractivity contribution in [1.29, 1.82) is 0 Å². The van der Waals surface area contributed by atoms with Crippen molar-refractivity contribution < 1.29 is 0 Å². The number of nitrogens with zero attached hydrogens (tertiary/aromatic N) is 2. The van der Waals surface area contributed by atoms with Crippen molar-refractivity contribution in [3.63, 3.8) is 0 Å². The van der Waals surface area contributed by atoms with Gasteiger partial charge in [0, 0.05) is 35.9 Å². The van der Waals surface area contributed by atoms with Crippen LogP contribution in [0.4, 0.5) is 5.95 Å². The van der Waals surface area contributed by atoms with E-state index in [0.717, 1.165) is 11.3 Å². The molecule has 0 saturated carbocycles. The summed E-state index contributed by atoms with van der Waals surface area (Å²) in [7, 11) is 0. The summed E-state index contributed by atoms with van der Waals surface area (Å²) < 4.78 is 0. The van der Waals surface area contributed by atoms with E-state index in [1.165, 1.54) is 0 Å². The quantitative estimate of drug-likeness (QED) is 0.802. The third kappa shape index (κ3) is 2.34. The molecule has 2 N–H and O–H groups in total. The van der Waals surface area contributed by atoms with Gasteiger partial charge in [-0.1, -0.05) is 0 Å². The smallest absolute Gasteiger partial charge is 0.222 e. The first kappa shape index (κ1) is 9.71. The van der Waals surface area contributed by atoms with Gasteiger partial charge in [-0.05, 0) is 26.0 Å². The van der Waals surface area contributed by atoms with E-state index < -0.39 is 0 Å². The zero-order valence-electron chi connectivity index (χ0n) is 8.86. The Hall–Kier alpha value is -1.84. The molecule has 0 spiro atoms. The van der Waals surface area contributed by atoms with Crippen molar-refractivity contribution in [2.24, 2.45) is 0 Å². The summed E-state index contributed by atoms with van der Waals surface area (Å²) in [6.07, 6.45) is 5.50. The highest BCUT2D eigenvalue weighted by Crippen LogP contribution is 2.15. The van der Waals surface area contributed by atoms with Crippen LogP contribution < -0.4 is 5.32 Å². The number of aromatic amines is 1. The number of aromatic nitrogens is 3. The zero-order valence-corrected chi connectivity index (χ0v) is 8.86. The molecule has 0 amide bonds. The van der Waals surface area contributed by atoms with Gasteiger partial charge in [-0.25, -0.2) is 9.97 Å². The van der Waals surface area contributed by atoms with E-state index in [4.69, 9.17) is 0 Å². The van der Waals surface area contributed by atoms with Gasteiger partial charge < -0.3 is 10.3 Å². The number of hydrogen-bond acceptors (Lipinski definition) is 3. The van der Waals surface area contributed by atoms with E-state index in [9.17, 15) is 0 Å². The Morgan fingerprint density at radius 1 is 1.27 bits per heavy atom. The number of hydrogen-bond donors (Lipinski definition) is 2. The second-order valence-corrected chi connectivity index (χ2v) is 3.68. The van der Waals surface area contributed by atoms with E-state index in [1.807, 2.05) is 30.7 Å². The predicted molar refractivity (Wildman–Crippen MR) is 60.6 cm³/mol. The van der Waals surface area contributed by atoms with Crippen molar-refractivity contribution in [2.45, 2.75) is 19.9 Å². The highest BCUT2D eigenvalue weighted by molar-refractivity contribution is 5.57. The molecule has 0 aliphatic rings. The minimum absolute atomic E-state index is 0.348. The maximum Gasteiger partial charge on any atom is 0.222 e. The summed E-state index contributed by atoms with van der Waals surface area (Å²) in [6, 6.07) is 4.30. The van der Waals surface area contributed by atoms with Gasteiger partial charge in [0.2, 0.25) is 5.95 Å². The van der Waals surface area contributed by atoms with Gasteiger partial charge in [0.15, 0.2) is 0 Å². The minimum atomic E-state index is 0.348. The van der Waals surface area contributed by atoms with Crippen molar-refractivity contribution >= 4 is 5.95 Å². The first-order chi connectivity index (χ1) is 7.25. The van der Waals surface area contributed by atoms with Gasteiger partial charge in [-0.3, -0.25) is 0 Å². The standard InChI is InChI=1S/C11H14N4/c1-8(2)15-11-13-6-9(7-14-11)10-4-3-5-12-10/h3-8,12H,1-2H3,(H,13,14,15). The van der Waals surface area contributed by atoms with E-state index in [1.54, 1.807) is 0 Å². The third-order valence-corrected chi connectivity index (χ3v) is 1.98. The summed E-state index contributed by atoms with van der Waals surface area (Å²) in [5, 5.41) is 3.14. The molecule has 0 aliphatic heterocycles. The Morgan fingerprint density at radius 3 is 2.53 bits per heavy atom. The van der Waals surface area contributed by atoms with Crippen molar-refractivity contribution in [3.05, 3.63) is 30.7 Å². The summed E-state index contributed by atoms with van der Waals surface area (Å²) in [4.78, 5) is 11.6. The molecule has 0 unspecified atom stereocenters. The fraction of sp³-hybridized carbons (Fsp3) is 0.273. The molecule has 78 valence electrons. The predicted octanol–water partition coefficient (Wildman–Crippen LogP) is 2.29. The minimum Gasteiger partial charge on any atom is -0.361 e. The van der Waals surface area contributed by atoms with E-state index in [0.29, 0.717) is 12.0 Å². The number of rotatable bonds is 3. The van der Waals surface area contributed by atoms with Gasteiger partial charge in [0.25, 0.3) is 0 Å². The summed E-state index contributed by atoms with van der Waals surface area (Å²) >= 11 is 0. The van der Waals surface area contributed by atoms with Crippen LogP contribution in [0.5, 0.6) is 0 Å². The average Bonchev–Trinajstić information content (AvgIpc) is 2.71. The normalized spacial score (nSPS) is 10.6. The molecule has 2 aromatic rings. The Kier molecular flexibility index (Phi) is 2.67. The van der Waals surface area contributed by atoms with Crippen LogP contribution in [0.15, 0.2) is 30.7 Å². The highest BCUT2D eigenvalue weighted by Gasteiger charge is 2.01. The topological polar surface area (TPSA) is 53.6 Å². The molecule has 2 rings (SSSR count). The largest absolute Gasteiger partial charge is 0.361 e. The van der Waals surface area contributed by atoms with Crippen LogP contribution in [-0.2, 0) is 0 Å². The first-order valence-corrected chi connectivity index (χ1v) is 4.98. The van der Waals surface area contributed by atoms with Gasteiger partial charge in [-0.2, -0.15) is 0 Å². The molecule has 0 fully saturated rings. The molecule has 0 aromatic carbocycles. The fourth-order valence-electron chi connectivity index (χ4n) is 1.31. The molecule has 0 radical (unpaired) electrons. The van der Waals surface area contributed by atoms with Crippen LogP contribution in [0.1, 0.15) is 13.8 Å². The molecule has 0 saturated heterocycles. The summed E-state index contributed by atoms with van der Waals surface area (Å²) in [5.41, 5.74) is 2.03. The van der Waals surface area contributed by atoms with Crippen LogP contribution in [0.2, 0.25) is 0 Å². The lowest BCUT2D eigenvalue weighted by Crippen LogP contribution is -2.12. The number of nitrogens with one attached hydrogen (secondary N) is 2. The lowest BCUT2D eigenvalue weighted by atomic mass is 10.2. The Bertz CT molecular complexity index is 403. The average molecular weight is 202 g/mol. The molecule has 0 aliphatic carbocycles. The molecule has 0 atom stereocenters. The monoisotopic (exact) mass is 202 g/mol. The van der Waals surface area contributed by atoms with Crippen molar-refractivity contribution in [3.8, 4) is 11.3 Å². The molecular weight excluding hydrogens is 188 g/mol.